The Bertz CT molecular complexity index is 794. The van der Waals surface area contributed by atoms with Gasteiger partial charge in [-0.1, -0.05) is 151 Å². The maximum Gasteiger partial charge on any atom is 0.193 e. The number of ketones is 2. The van der Waals surface area contributed by atoms with Crippen molar-refractivity contribution >= 4 is 11.6 Å². The van der Waals surface area contributed by atoms with Gasteiger partial charge in [0.2, 0.25) is 0 Å². The summed E-state index contributed by atoms with van der Waals surface area (Å²) in [6.45, 7) is 2.27. The van der Waals surface area contributed by atoms with Gasteiger partial charge in [-0.15, -0.1) is 0 Å². The highest BCUT2D eigenvalue weighted by Crippen LogP contribution is 2.19. The van der Waals surface area contributed by atoms with Crippen molar-refractivity contribution in [1.29, 1.82) is 0 Å². The Labute approximate surface area is 202 Å². The second-order valence-electron chi connectivity index (χ2n) is 9.36. The quantitative estimate of drug-likeness (QED) is 0.158. The molecular formula is C31H44O2. The molecule has 0 bridgehead atoms. The molecule has 2 aromatic carbocycles. The number of carbonyl (C=O) groups excluding carboxylic acids is 2. The van der Waals surface area contributed by atoms with E-state index in [1.165, 1.54) is 83.5 Å². The van der Waals surface area contributed by atoms with Crippen LogP contribution >= 0.6 is 0 Å². The summed E-state index contributed by atoms with van der Waals surface area (Å²) in [6.07, 6.45) is 20.3. The molecule has 0 spiro atoms. The monoisotopic (exact) mass is 448 g/mol. The number of hydrogen-bond donors (Lipinski definition) is 0. The molecule has 0 radical (unpaired) electrons. The van der Waals surface area contributed by atoms with E-state index in [4.69, 9.17) is 0 Å². The van der Waals surface area contributed by atoms with Gasteiger partial charge in [-0.25, -0.2) is 0 Å². The molecule has 0 amide bonds. The summed E-state index contributed by atoms with van der Waals surface area (Å²) in [7, 11) is 0. The van der Waals surface area contributed by atoms with Crippen LogP contribution in [0.3, 0.4) is 0 Å². The van der Waals surface area contributed by atoms with Gasteiger partial charge in [-0.3, -0.25) is 9.59 Å². The van der Waals surface area contributed by atoms with Gasteiger partial charge in [0.15, 0.2) is 11.6 Å². The lowest BCUT2D eigenvalue weighted by Crippen LogP contribution is -2.10. The van der Waals surface area contributed by atoms with Crippen LogP contribution in [0.5, 0.6) is 0 Å². The SMILES string of the molecule is CCCCCCCCCCCCCCCCCC(=O)c1ccccc1C(=O)c1ccccc1. The zero-order valence-electron chi connectivity index (χ0n) is 20.8. The first-order valence-corrected chi connectivity index (χ1v) is 13.5. The molecule has 33 heavy (non-hydrogen) atoms. The average Bonchev–Trinajstić information content (AvgIpc) is 2.86. The van der Waals surface area contributed by atoms with Crippen LogP contribution in [0.4, 0.5) is 0 Å². The largest absolute Gasteiger partial charge is 0.294 e. The molecule has 2 nitrogen and oxygen atoms in total. The number of Topliss-reactive ketones (excluding diaryl/α,β-unsaturated/α-hetero) is 1. The summed E-state index contributed by atoms with van der Waals surface area (Å²) < 4.78 is 0. The molecule has 0 aliphatic carbocycles. The Morgan fingerprint density at radius 1 is 0.515 bits per heavy atom. The maximum absolute atomic E-state index is 12.8. The summed E-state index contributed by atoms with van der Waals surface area (Å²) in [5, 5.41) is 0. The van der Waals surface area contributed by atoms with Gasteiger partial charge in [0, 0.05) is 23.1 Å². The Balaban J connectivity index is 1.55. The fourth-order valence-electron chi connectivity index (χ4n) is 4.46. The van der Waals surface area contributed by atoms with Crippen molar-refractivity contribution in [3.63, 3.8) is 0 Å². The van der Waals surface area contributed by atoms with Gasteiger partial charge in [0.05, 0.1) is 0 Å². The first-order chi connectivity index (χ1) is 16.2. The van der Waals surface area contributed by atoms with Crippen LogP contribution in [0.15, 0.2) is 54.6 Å². The topological polar surface area (TPSA) is 34.1 Å². The van der Waals surface area contributed by atoms with Crippen molar-refractivity contribution in [2.24, 2.45) is 0 Å². The summed E-state index contributed by atoms with van der Waals surface area (Å²) in [4.78, 5) is 25.6. The zero-order valence-corrected chi connectivity index (χ0v) is 20.8. The highest BCUT2D eigenvalue weighted by Gasteiger charge is 2.17. The van der Waals surface area contributed by atoms with Crippen molar-refractivity contribution in [1.82, 2.24) is 0 Å². The van der Waals surface area contributed by atoms with E-state index in [9.17, 15) is 9.59 Å². The van der Waals surface area contributed by atoms with E-state index in [-0.39, 0.29) is 11.6 Å². The molecule has 0 heterocycles. The molecule has 2 aromatic rings. The first kappa shape index (κ1) is 27.0. The molecule has 0 fully saturated rings. The molecule has 0 aliphatic rings. The fraction of sp³-hybridized carbons (Fsp3) is 0.548. The smallest absolute Gasteiger partial charge is 0.193 e. The van der Waals surface area contributed by atoms with Gasteiger partial charge in [0.1, 0.15) is 0 Å². The molecule has 0 N–H and O–H groups in total. The van der Waals surface area contributed by atoms with E-state index in [0.717, 1.165) is 12.8 Å². The molecule has 2 heteroatoms. The van der Waals surface area contributed by atoms with Crippen LogP contribution in [0.25, 0.3) is 0 Å². The number of benzene rings is 2. The van der Waals surface area contributed by atoms with Crippen LogP contribution in [-0.4, -0.2) is 11.6 Å². The third-order valence-corrected chi connectivity index (χ3v) is 6.52. The third-order valence-electron chi connectivity index (χ3n) is 6.52. The van der Waals surface area contributed by atoms with E-state index in [1.807, 2.05) is 30.3 Å². The fourth-order valence-corrected chi connectivity index (χ4v) is 4.46. The Kier molecular flexibility index (Phi) is 14.2. The molecular weight excluding hydrogens is 404 g/mol. The predicted octanol–water partition coefficient (Wildman–Crippen LogP) is 9.36. The van der Waals surface area contributed by atoms with Gasteiger partial charge in [0.25, 0.3) is 0 Å². The minimum Gasteiger partial charge on any atom is -0.294 e. The highest BCUT2D eigenvalue weighted by molar-refractivity contribution is 6.15. The average molecular weight is 449 g/mol. The minimum absolute atomic E-state index is 0.0731. The second kappa shape index (κ2) is 17.3. The minimum atomic E-state index is -0.0731. The summed E-state index contributed by atoms with van der Waals surface area (Å²) >= 11 is 0. The summed E-state index contributed by atoms with van der Waals surface area (Å²) in [5.74, 6) is 0.0145. The normalized spacial score (nSPS) is 10.9. The van der Waals surface area contributed by atoms with E-state index < -0.39 is 0 Å². The molecule has 0 saturated heterocycles. The van der Waals surface area contributed by atoms with E-state index in [0.29, 0.717) is 23.1 Å². The molecule has 180 valence electrons. The van der Waals surface area contributed by atoms with Crippen molar-refractivity contribution in [3.8, 4) is 0 Å². The number of carbonyl (C=O) groups is 2. The van der Waals surface area contributed by atoms with Crippen molar-refractivity contribution in [2.75, 3.05) is 0 Å². The van der Waals surface area contributed by atoms with Crippen molar-refractivity contribution < 1.29 is 9.59 Å². The number of hydrogen-bond acceptors (Lipinski definition) is 2. The standard InChI is InChI=1S/C31H44O2/c1-2-3-4-5-6-7-8-9-10-11-12-13-14-15-19-26-30(32)28-24-20-21-25-29(28)31(33)27-22-17-16-18-23-27/h16-18,20-25H,2-15,19,26H2,1H3. The molecule has 2 rings (SSSR count). The van der Waals surface area contributed by atoms with E-state index >= 15 is 0 Å². The highest BCUT2D eigenvalue weighted by atomic mass is 16.1. The van der Waals surface area contributed by atoms with E-state index in [2.05, 4.69) is 6.92 Å². The van der Waals surface area contributed by atoms with Gasteiger partial charge >= 0.3 is 0 Å². The Morgan fingerprint density at radius 3 is 1.45 bits per heavy atom. The number of rotatable bonds is 19. The molecule has 0 unspecified atom stereocenters. The zero-order chi connectivity index (χ0) is 23.6. The lowest BCUT2D eigenvalue weighted by Gasteiger charge is -2.08. The van der Waals surface area contributed by atoms with Crippen LogP contribution in [0.2, 0.25) is 0 Å². The van der Waals surface area contributed by atoms with Crippen LogP contribution < -0.4 is 0 Å². The molecule has 0 atom stereocenters. The molecule has 0 saturated carbocycles. The predicted molar refractivity (Wildman–Crippen MR) is 140 cm³/mol. The maximum atomic E-state index is 12.8. The lowest BCUT2D eigenvalue weighted by molar-refractivity contribution is 0.0964. The van der Waals surface area contributed by atoms with E-state index in [1.54, 1.807) is 24.3 Å². The van der Waals surface area contributed by atoms with Crippen molar-refractivity contribution in [2.45, 2.75) is 110 Å². The van der Waals surface area contributed by atoms with Gasteiger partial charge < -0.3 is 0 Å². The second-order valence-corrected chi connectivity index (χ2v) is 9.36. The number of unbranched alkanes of at least 4 members (excludes halogenated alkanes) is 14. The Morgan fingerprint density at radius 2 is 0.939 bits per heavy atom. The van der Waals surface area contributed by atoms with Crippen LogP contribution in [0, 0.1) is 0 Å². The Hall–Kier alpha value is -2.22. The van der Waals surface area contributed by atoms with Gasteiger partial charge in [-0.05, 0) is 6.42 Å². The van der Waals surface area contributed by atoms with Gasteiger partial charge in [-0.2, -0.15) is 0 Å². The summed E-state index contributed by atoms with van der Waals surface area (Å²) in [6, 6.07) is 16.5. The van der Waals surface area contributed by atoms with Crippen molar-refractivity contribution in [3.05, 3.63) is 71.3 Å². The third kappa shape index (κ3) is 11.0. The molecule has 0 aromatic heterocycles. The first-order valence-electron chi connectivity index (χ1n) is 13.5. The molecule has 0 aliphatic heterocycles. The van der Waals surface area contributed by atoms with Crippen LogP contribution in [0.1, 0.15) is 136 Å². The summed E-state index contributed by atoms with van der Waals surface area (Å²) in [5.41, 5.74) is 1.72. The van der Waals surface area contributed by atoms with Crippen LogP contribution in [-0.2, 0) is 0 Å². The lowest BCUT2D eigenvalue weighted by atomic mass is 9.94.